The van der Waals surface area contributed by atoms with Crippen molar-refractivity contribution < 1.29 is 21.2 Å². The predicted octanol–water partition coefficient (Wildman–Crippen LogP) is 1.34. The molecule has 1 aliphatic heterocycles. The van der Waals surface area contributed by atoms with Crippen LogP contribution in [-0.4, -0.2) is 46.0 Å². The van der Waals surface area contributed by atoms with Crippen molar-refractivity contribution in [3.8, 4) is 0 Å². The average molecular weight is 394 g/mol. The zero-order valence-corrected chi connectivity index (χ0v) is 15.9. The van der Waals surface area contributed by atoms with E-state index < -0.39 is 25.9 Å². The molecule has 1 heterocycles. The highest BCUT2D eigenvalue weighted by atomic mass is 32.2. The number of halogens is 1. The minimum absolute atomic E-state index is 0.00757. The van der Waals surface area contributed by atoms with Gasteiger partial charge in [0.1, 0.15) is 5.82 Å². The molecular weight excluding hydrogens is 369 g/mol. The highest BCUT2D eigenvalue weighted by Crippen LogP contribution is 2.27. The largest absolute Gasteiger partial charge is 0.328 e. The third-order valence-corrected chi connectivity index (χ3v) is 7.65. The van der Waals surface area contributed by atoms with E-state index in [1.54, 1.807) is 0 Å². The van der Waals surface area contributed by atoms with Crippen LogP contribution in [0.3, 0.4) is 0 Å². The van der Waals surface area contributed by atoms with Crippen molar-refractivity contribution in [3.05, 3.63) is 24.0 Å². The summed E-state index contributed by atoms with van der Waals surface area (Å²) in [5.41, 5.74) is 5.59. The van der Waals surface area contributed by atoms with Crippen molar-refractivity contribution in [1.29, 1.82) is 0 Å². The van der Waals surface area contributed by atoms with Gasteiger partial charge < -0.3 is 5.73 Å². The monoisotopic (exact) mass is 393 g/mol. The molecule has 3 N–H and O–H groups in total. The molecular formula is C15H24FN3O4S2. The molecule has 2 rings (SSSR count). The van der Waals surface area contributed by atoms with E-state index in [-0.39, 0.29) is 28.3 Å². The van der Waals surface area contributed by atoms with Gasteiger partial charge >= 0.3 is 0 Å². The molecule has 10 heteroatoms. The Morgan fingerprint density at radius 1 is 1.28 bits per heavy atom. The molecule has 0 aliphatic carbocycles. The Hall–Kier alpha value is -1.23. The van der Waals surface area contributed by atoms with E-state index >= 15 is 0 Å². The van der Waals surface area contributed by atoms with Gasteiger partial charge in [0.2, 0.25) is 20.0 Å². The minimum atomic E-state index is -3.82. The van der Waals surface area contributed by atoms with Gasteiger partial charge in [-0.25, -0.2) is 21.2 Å². The molecule has 0 spiro atoms. The van der Waals surface area contributed by atoms with Crippen LogP contribution in [0.1, 0.15) is 26.7 Å². The first kappa shape index (κ1) is 20.1. The minimum Gasteiger partial charge on any atom is -0.328 e. The molecule has 7 nitrogen and oxygen atoms in total. The fourth-order valence-corrected chi connectivity index (χ4v) is 4.90. The Morgan fingerprint density at radius 3 is 2.36 bits per heavy atom. The van der Waals surface area contributed by atoms with Gasteiger partial charge in [0.25, 0.3) is 0 Å². The molecule has 1 aromatic carbocycles. The maximum absolute atomic E-state index is 14.2. The molecule has 1 aromatic rings. The third kappa shape index (κ3) is 4.69. The third-order valence-electron chi connectivity index (χ3n) is 4.47. The molecule has 0 bridgehead atoms. The number of hydrogen-bond acceptors (Lipinski definition) is 5. The summed E-state index contributed by atoms with van der Waals surface area (Å²) in [5, 5.41) is 0. The highest BCUT2D eigenvalue weighted by molar-refractivity contribution is 7.92. The van der Waals surface area contributed by atoms with Crippen LogP contribution in [0.2, 0.25) is 0 Å². The van der Waals surface area contributed by atoms with Crippen LogP contribution in [0, 0.1) is 11.7 Å². The summed E-state index contributed by atoms with van der Waals surface area (Å²) in [4.78, 5) is -0.191. The second-order valence-corrected chi connectivity index (χ2v) is 10.2. The number of rotatable bonds is 6. The second kappa shape index (κ2) is 7.56. The van der Waals surface area contributed by atoms with Crippen LogP contribution in [-0.2, 0) is 20.0 Å². The van der Waals surface area contributed by atoms with Crippen molar-refractivity contribution in [2.24, 2.45) is 11.7 Å². The quantitative estimate of drug-likeness (QED) is 0.758. The van der Waals surface area contributed by atoms with Crippen LogP contribution >= 0.6 is 0 Å². The van der Waals surface area contributed by atoms with Crippen molar-refractivity contribution in [1.82, 2.24) is 4.31 Å². The van der Waals surface area contributed by atoms with Gasteiger partial charge in [-0.1, -0.05) is 0 Å². The molecule has 1 fully saturated rings. The van der Waals surface area contributed by atoms with Crippen LogP contribution in [0.25, 0.3) is 0 Å². The van der Waals surface area contributed by atoms with Crippen molar-refractivity contribution >= 4 is 25.7 Å². The first-order chi connectivity index (χ1) is 11.6. The van der Waals surface area contributed by atoms with Crippen molar-refractivity contribution in [3.63, 3.8) is 0 Å². The van der Waals surface area contributed by atoms with Crippen molar-refractivity contribution in [2.45, 2.75) is 37.6 Å². The number of piperidine rings is 1. The van der Waals surface area contributed by atoms with Gasteiger partial charge in [0, 0.05) is 19.1 Å². The lowest BCUT2D eigenvalue weighted by Gasteiger charge is -2.32. The Kier molecular flexibility index (Phi) is 6.08. The molecule has 1 unspecified atom stereocenters. The van der Waals surface area contributed by atoms with E-state index in [1.807, 2.05) is 6.92 Å². The summed E-state index contributed by atoms with van der Waals surface area (Å²) in [6, 6.07) is 3.20. The standard InChI is InChI=1S/C15H24FN3O4S2/c1-3-24(20,21)18-15-5-4-13(10-14(15)16)25(22,23)19-8-6-12(7-9-19)11(2)17/h4-5,10-12,18H,3,6-9,17H2,1-2H3. The number of sulfonamides is 2. The number of benzene rings is 1. The van der Waals surface area contributed by atoms with Gasteiger partial charge in [-0.3, -0.25) is 4.72 Å². The Bertz CT molecular complexity index is 817. The number of nitrogens with zero attached hydrogens (tertiary/aromatic N) is 1. The molecule has 0 radical (unpaired) electrons. The number of nitrogens with two attached hydrogens (primary N) is 1. The van der Waals surface area contributed by atoms with E-state index in [1.165, 1.54) is 17.3 Å². The van der Waals surface area contributed by atoms with Gasteiger partial charge in [0.05, 0.1) is 16.3 Å². The van der Waals surface area contributed by atoms with E-state index in [4.69, 9.17) is 5.73 Å². The second-order valence-electron chi connectivity index (χ2n) is 6.25. The van der Waals surface area contributed by atoms with E-state index in [9.17, 15) is 21.2 Å². The summed E-state index contributed by atoms with van der Waals surface area (Å²) >= 11 is 0. The van der Waals surface area contributed by atoms with E-state index in [0.29, 0.717) is 25.9 Å². The highest BCUT2D eigenvalue weighted by Gasteiger charge is 2.31. The molecule has 0 aromatic heterocycles. The maximum Gasteiger partial charge on any atom is 0.243 e. The number of anilines is 1. The molecule has 25 heavy (non-hydrogen) atoms. The molecule has 1 atom stereocenters. The summed E-state index contributed by atoms with van der Waals surface area (Å²) in [5.74, 6) is -0.862. The van der Waals surface area contributed by atoms with Gasteiger partial charge in [0.15, 0.2) is 0 Å². The van der Waals surface area contributed by atoms with Crippen LogP contribution in [0.5, 0.6) is 0 Å². The lowest BCUT2D eigenvalue weighted by atomic mass is 9.92. The fourth-order valence-electron chi connectivity index (χ4n) is 2.77. The predicted molar refractivity (Wildman–Crippen MR) is 94.6 cm³/mol. The topological polar surface area (TPSA) is 110 Å². The first-order valence-corrected chi connectivity index (χ1v) is 11.2. The molecule has 1 aliphatic rings. The van der Waals surface area contributed by atoms with Gasteiger partial charge in [-0.05, 0) is 50.8 Å². The summed E-state index contributed by atoms with van der Waals surface area (Å²) in [6.07, 6.45) is 1.32. The fraction of sp³-hybridized carbons (Fsp3) is 0.600. The molecule has 0 amide bonds. The normalized spacial score (nSPS) is 18.9. The maximum atomic E-state index is 14.2. The molecule has 142 valence electrons. The number of nitrogens with one attached hydrogen (secondary N) is 1. The lowest BCUT2D eigenvalue weighted by molar-refractivity contribution is 0.250. The van der Waals surface area contributed by atoms with E-state index in [2.05, 4.69) is 4.72 Å². The molecule has 0 saturated carbocycles. The summed E-state index contributed by atoms with van der Waals surface area (Å²) < 4.78 is 65.9. The van der Waals surface area contributed by atoms with Gasteiger partial charge in [-0.2, -0.15) is 4.31 Å². The smallest absolute Gasteiger partial charge is 0.243 e. The SMILES string of the molecule is CCS(=O)(=O)Nc1ccc(S(=O)(=O)N2CCC(C(C)N)CC2)cc1F. The summed E-state index contributed by atoms with van der Waals surface area (Å²) in [6.45, 7) is 3.99. The van der Waals surface area contributed by atoms with Crippen LogP contribution in [0.15, 0.2) is 23.1 Å². The Balaban J connectivity index is 2.19. The lowest BCUT2D eigenvalue weighted by Crippen LogP contribution is -2.42. The first-order valence-electron chi connectivity index (χ1n) is 8.12. The number of hydrogen-bond donors (Lipinski definition) is 2. The van der Waals surface area contributed by atoms with Crippen LogP contribution < -0.4 is 10.5 Å². The Morgan fingerprint density at radius 2 is 1.88 bits per heavy atom. The Labute approximate surface area is 148 Å². The average Bonchev–Trinajstić information content (AvgIpc) is 2.56. The van der Waals surface area contributed by atoms with Crippen LogP contribution in [0.4, 0.5) is 10.1 Å². The van der Waals surface area contributed by atoms with Gasteiger partial charge in [-0.15, -0.1) is 0 Å². The molecule has 1 saturated heterocycles. The summed E-state index contributed by atoms with van der Waals surface area (Å²) in [7, 11) is -7.46. The zero-order chi connectivity index (χ0) is 18.8. The van der Waals surface area contributed by atoms with E-state index in [0.717, 1.165) is 12.1 Å². The van der Waals surface area contributed by atoms with Crippen molar-refractivity contribution in [2.75, 3.05) is 23.6 Å². The zero-order valence-electron chi connectivity index (χ0n) is 14.3.